The number of piperazine rings is 1. The Kier molecular flexibility index (Phi) is 7.83. The van der Waals surface area contributed by atoms with Gasteiger partial charge in [0.2, 0.25) is 5.91 Å². The molecule has 0 unspecified atom stereocenters. The molecule has 0 atom stereocenters. The van der Waals surface area contributed by atoms with E-state index in [1.165, 1.54) is 0 Å². The van der Waals surface area contributed by atoms with Crippen molar-refractivity contribution in [3.05, 3.63) is 96.1 Å². The zero-order chi connectivity index (χ0) is 24.6. The van der Waals surface area contributed by atoms with Gasteiger partial charge in [0.15, 0.2) is 0 Å². The Labute approximate surface area is 206 Å². The van der Waals surface area contributed by atoms with E-state index in [0.29, 0.717) is 18.7 Å². The topological polar surface area (TPSA) is 61.9 Å². The number of carbonyl (C=O) groups is 2. The third kappa shape index (κ3) is 6.73. The molecule has 3 aromatic rings. The van der Waals surface area contributed by atoms with Crippen LogP contribution in [0.15, 0.2) is 84.9 Å². The molecule has 0 radical (unpaired) electrons. The maximum Gasteiger partial charge on any atom is 0.255 e. The van der Waals surface area contributed by atoms with Crippen LogP contribution in [0.3, 0.4) is 0 Å². The average molecular weight is 470 g/mol. The molecule has 0 bridgehead atoms. The molecule has 1 aliphatic heterocycles. The predicted molar refractivity (Wildman–Crippen MR) is 141 cm³/mol. The lowest BCUT2D eigenvalue weighted by atomic mass is 10.2. The van der Waals surface area contributed by atoms with E-state index in [-0.39, 0.29) is 17.9 Å². The second-order valence-electron chi connectivity index (χ2n) is 8.75. The van der Waals surface area contributed by atoms with Crippen LogP contribution in [-0.2, 0) is 4.79 Å². The van der Waals surface area contributed by atoms with Crippen LogP contribution in [0, 0.1) is 0 Å². The Morgan fingerprint density at radius 3 is 2.14 bits per heavy atom. The van der Waals surface area contributed by atoms with E-state index in [9.17, 15) is 9.59 Å². The summed E-state index contributed by atoms with van der Waals surface area (Å²) < 4.78 is 5.63. The summed E-state index contributed by atoms with van der Waals surface area (Å²) in [5.74, 6) is 0.620. The SMILES string of the molecule is CC(C)Oc1ccc(C(=O)Nc2ccc(N3CCN(C(=O)/C=C/c4ccccc4)CC3)cc2)cc1. The summed E-state index contributed by atoms with van der Waals surface area (Å²) >= 11 is 0. The van der Waals surface area contributed by atoms with E-state index in [2.05, 4.69) is 10.2 Å². The number of carbonyl (C=O) groups excluding carboxylic acids is 2. The molecular weight excluding hydrogens is 438 g/mol. The Morgan fingerprint density at radius 2 is 1.51 bits per heavy atom. The highest BCUT2D eigenvalue weighted by atomic mass is 16.5. The molecule has 35 heavy (non-hydrogen) atoms. The molecular formula is C29H31N3O3. The lowest BCUT2D eigenvalue weighted by Gasteiger charge is -2.35. The third-order valence-electron chi connectivity index (χ3n) is 5.79. The summed E-state index contributed by atoms with van der Waals surface area (Å²) in [6.07, 6.45) is 3.59. The lowest BCUT2D eigenvalue weighted by molar-refractivity contribution is -0.126. The molecule has 1 fully saturated rings. The highest BCUT2D eigenvalue weighted by Gasteiger charge is 2.20. The molecule has 4 rings (SSSR count). The largest absolute Gasteiger partial charge is 0.491 e. The molecule has 1 heterocycles. The number of rotatable bonds is 7. The molecule has 0 aromatic heterocycles. The van der Waals surface area contributed by atoms with E-state index in [0.717, 1.165) is 35.8 Å². The van der Waals surface area contributed by atoms with Crippen molar-refractivity contribution < 1.29 is 14.3 Å². The quantitative estimate of drug-likeness (QED) is 0.490. The van der Waals surface area contributed by atoms with Crippen molar-refractivity contribution in [2.75, 3.05) is 36.4 Å². The van der Waals surface area contributed by atoms with Crippen molar-refractivity contribution >= 4 is 29.3 Å². The minimum absolute atomic E-state index is 0.0374. The number of hydrogen-bond donors (Lipinski definition) is 1. The summed E-state index contributed by atoms with van der Waals surface area (Å²) in [7, 11) is 0. The first-order valence-corrected chi connectivity index (χ1v) is 11.9. The number of ether oxygens (including phenoxy) is 1. The van der Waals surface area contributed by atoms with Gasteiger partial charge in [0, 0.05) is 49.2 Å². The molecule has 180 valence electrons. The zero-order valence-corrected chi connectivity index (χ0v) is 20.2. The lowest BCUT2D eigenvalue weighted by Crippen LogP contribution is -2.48. The van der Waals surface area contributed by atoms with Crippen molar-refractivity contribution in [3.8, 4) is 5.75 Å². The number of nitrogens with one attached hydrogen (secondary N) is 1. The highest BCUT2D eigenvalue weighted by Crippen LogP contribution is 2.21. The maximum atomic E-state index is 12.6. The number of anilines is 2. The number of hydrogen-bond acceptors (Lipinski definition) is 4. The van der Waals surface area contributed by atoms with Crippen LogP contribution in [-0.4, -0.2) is 49.0 Å². The molecule has 6 nitrogen and oxygen atoms in total. The van der Waals surface area contributed by atoms with Crippen LogP contribution < -0.4 is 15.0 Å². The predicted octanol–water partition coefficient (Wildman–Crippen LogP) is 5.09. The average Bonchev–Trinajstić information content (AvgIpc) is 2.88. The molecule has 0 aliphatic carbocycles. The van der Waals surface area contributed by atoms with Crippen LogP contribution in [0.5, 0.6) is 5.75 Å². The monoisotopic (exact) mass is 469 g/mol. The molecule has 1 N–H and O–H groups in total. The van der Waals surface area contributed by atoms with Gasteiger partial charge < -0.3 is 19.9 Å². The molecule has 2 amide bonds. The maximum absolute atomic E-state index is 12.6. The van der Waals surface area contributed by atoms with Crippen LogP contribution in [0.2, 0.25) is 0 Å². The van der Waals surface area contributed by atoms with Gasteiger partial charge in [-0.1, -0.05) is 30.3 Å². The summed E-state index contributed by atoms with van der Waals surface area (Å²) in [5, 5.41) is 2.94. The fourth-order valence-corrected chi connectivity index (χ4v) is 3.94. The number of nitrogens with zero attached hydrogens (tertiary/aromatic N) is 2. The van der Waals surface area contributed by atoms with Crippen LogP contribution >= 0.6 is 0 Å². The van der Waals surface area contributed by atoms with Gasteiger partial charge in [0.25, 0.3) is 5.91 Å². The van der Waals surface area contributed by atoms with Gasteiger partial charge in [-0.25, -0.2) is 0 Å². The Balaban J connectivity index is 1.27. The van der Waals surface area contributed by atoms with E-state index in [4.69, 9.17) is 4.74 Å². The first-order chi connectivity index (χ1) is 17.0. The first-order valence-electron chi connectivity index (χ1n) is 11.9. The van der Waals surface area contributed by atoms with Crippen LogP contribution in [0.25, 0.3) is 6.08 Å². The number of amides is 2. The van der Waals surface area contributed by atoms with E-state index < -0.39 is 0 Å². The minimum atomic E-state index is -0.162. The minimum Gasteiger partial charge on any atom is -0.491 e. The molecule has 1 saturated heterocycles. The number of benzene rings is 3. The van der Waals surface area contributed by atoms with E-state index in [1.54, 1.807) is 30.3 Å². The summed E-state index contributed by atoms with van der Waals surface area (Å²) in [5.41, 5.74) is 3.40. The van der Waals surface area contributed by atoms with Crippen molar-refractivity contribution in [1.82, 2.24) is 4.90 Å². The fraction of sp³-hybridized carbons (Fsp3) is 0.241. The van der Waals surface area contributed by atoms with Crippen molar-refractivity contribution in [3.63, 3.8) is 0 Å². The van der Waals surface area contributed by atoms with Gasteiger partial charge in [-0.05, 0) is 74.0 Å². The molecule has 6 heteroatoms. The van der Waals surface area contributed by atoms with Crippen molar-refractivity contribution in [2.45, 2.75) is 20.0 Å². The second-order valence-corrected chi connectivity index (χ2v) is 8.75. The summed E-state index contributed by atoms with van der Waals surface area (Å²) in [4.78, 5) is 29.2. The van der Waals surface area contributed by atoms with Gasteiger partial charge in [0.1, 0.15) is 5.75 Å². The van der Waals surface area contributed by atoms with Gasteiger partial charge >= 0.3 is 0 Å². The highest BCUT2D eigenvalue weighted by molar-refractivity contribution is 6.04. The summed E-state index contributed by atoms with van der Waals surface area (Å²) in [6.45, 7) is 6.81. The zero-order valence-electron chi connectivity index (χ0n) is 20.2. The van der Waals surface area contributed by atoms with Crippen molar-refractivity contribution in [2.24, 2.45) is 0 Å². The van der Waals surface area contributed by atoms with Gasteiger partial charge in [-0.15, -0.1) is 0 Å². The van der Waals surface area contributed by atoms with Gasteiger partial charge in [0.05, 0.1) is 6.10 Å². The Morgan fingerprint density at radius 1 is 0.857 bits per heavy atom. The molecule has 0 spiro atoms. The summed E-state index contributed by atoms with van der Waals surface area (Å²) in [6, 6.07) is 24.8. The van der Waals surface area contributed by atoms with Gasteiger partial charge in [-0.3, -0.25) is 9.59 Å². The van der Waals surface area contributed by atoms with E-state index in [1.807, 2.05) is 79.4 Å². The second kappa shape index (κ2) is 11.4. The van der Waals surface area contributed by atoms with Crippen LogP contribution in [0.1, 0.15) is 29.8 Å². The van der Waals surface area contributed by atoms with Crippen molar-refractivity contribution in [1.29, 1.82) is 0 Å². The smallest absolute Gasteiger partial charge is 0.255 e. The van der Waals surface area contributed by atoms with Gasteiger partial charge in [-0.2, -0.15) is 0 Å². The Hall–Kier alpha value is -4.06. The first kappa shape index (κ1) is 24.1. The third-order valence-corrected chi connectivity index (χ3v) is 5.79. The molecule has 0 saturated carbocycles. The molecule has 3 aromatic carbocycles. The Bertz CT molecular complexity index is 1150. The fourth-order valence-electron chi connectivity index (χ4n) is 3.94. The normalized spacial score (nSPS) is 13.8. The molecule has 1 aliphatic rings. The van der Waals surface area contributed by atoms with E-state index >= 15 is 0 Å². The van der Waals surface area contributed by atoms with Crippen LogP contribution in [0.4, 0.5) is 11.4 Å². The standard InChI is InChI=1S/C29H31N3O3/c1-22(2)35-27-15-9-24(10-16-27)29(34)30-25-11-13-26(14-12-25)31-18-20-32(21-19-31)28(33)17-8-23-6-4-3-5-7-23/h3-17,22H,18-21H2,1-2H3,(H,30,34)/b17-8+.